The Morgan fingerprint density at radius 3 is 2.70 bits per heavy atom. The van der Waals surface area contributed by atoms with Crippen molar-refractivity contribution in [2.24, 2.45) is 17.6 Å². The summed E-state index contributed by atoms with van der Waals surface area (Å²) >= 11 is 6.09. The summed E-state index contributed by atoms with van der Waals surface area (Å²) in [6, 6.07) is 0. The van der Waals surface area contributed by atoms with Gasteiger partial charge in [0.15, 0.2) is 5.78 Å². The molecule has 0 aliphatic rings. The molecule has 0 radical (unpaired) electrons. The third-order valence-corrected chi connectivity index (χ3v) is 3.99. The number of carbonyl (C=O) groups is 1. The number of hydrogen-bond donors (Lipinski definition) is 1. The summed E-state index contributed by atoms with van der Waals surface area (Å²) in [5.74, 6) is 1.12. The van der Waals surface area contributed by atoms with Gasteiger partial charge >= 0.3 is 0 Å². The quantitative estimate of drug-likeness (QED) is 0.710. The van der Waals surface area contributed by atoms with Gasteiger partial charge in [-0.2, -0.15) is 5.10 Å². The summed E-state index contributed by atoms with van der Waals surface area (Å²) in [5, 5.41) is 4.63. The van der Waals surface area contributed by atoms with Crippen LogP contribution in [0.2, 0.25) is 5.02 Å². The highest BCUT2D eigenvalue weighted by Gasteiger charge is 2.20. The minimum Gasteiger partial charge on any atom is -0.330 e. The summed E-state index contributed by atoms with van der Waals surface area (Å²) in [6.07, 6.45) is 4.83. The molecule has 0 fully saturated rings. The number of nitrogens with zero attached hydrogens (tertiary/aromatic N) is 2. The van der Waals surface area contributed by atoms with Crippen molar-refractivity contribution in [3.05, 3.63) is 16.9 Å². The lowest BCUT2D eigenvalue weighted by atomic mass is 9.87. The average molecular weight is 300 g/mol. The van der Waals surface area contributed by atoms with Gasteiger partial charge in [-0.05, 0) is 37.6 Å². The topological polar surface area (TPSA) is 60.9 Å². The molecule has 0 saturated carbocycles. The minimum absolute atomic E-state index is 0.0867. The molecular weight excluding hydrogens is 274 g/mol. The summed E-state index contributed by atoms with van der Waals surface area (Å²) in [5.41, 5.74) is 6.19. The van der Waals surface area contributed by atoms with Crippen LogP contribution in [0.5, 0.6) is 0 Å². The predicted molar refractivity (Wildman–Crippen MR) is 83.1 cm³/mol. The second-order valence-corrected chi connectivity index (χ2v) is 6.01. The first-order chi connectivity index (χ1) is 9.51. The van der Waals surface area contributed by atoms with E-state index in [9.17, 15) is 4.79 Å². The Hall–Kier alpha value is -0.870. The molecule has 1 aromatic heterocycles. The van der Waals surface area contributed by atoms with Gasteiger partial charge in [0.25, 0.3) is 0 Å². The highest BCUT2D eigenvalue weighted by Crippen LogP contribution is 2.24. The van der Waals surface area contributed by atoms with Crippen LogP contribution in [-0.4, -0.2) is 22.1 Å². The zero-order valence-corrected chi connectivity index (χ0v) is 13.5. The van der Waals surface area contributed by atoms with E-state index in [0.717, 1.165) is 25.8 Å². The number of ketones is 1. The van der Waals surface area contributed by atoms with Crippen LogP contribution >= 0.6 is 11.6 Å². The lowest BCUT2D eigenvalue weighted by Crippen LogP contribution is -2.17. The Kier molecular flexibility index (Phi) is 7.24. The minimum atomic E-state index is 0.0867. The maximum absolute atomic E-state index is 12.4. The number of Topliss-reactive ketones (excluding diaryl/α,β-unsaturated/α-hetero) is 1. The molecule has 1 heterocycles. The average Bonchev–Trinajstić information content (AvgIpc) is 2.75. The molecule has 2 N–H and O–H groups in total. The Labute approximate surface area is 126 Å². The molecule has 1 rings (SSSR count). The second kappa shape index (κ2) is 8.42. The summed E-state index contributed by atoms with van der Waals surface area (Å²) < 4.78 is 1.72. The number of halogens is 1. The standard InChI is InChI=1S/C15H26ClN3O/c1-4-9-19-15(13(16)10-18-19)14(20)6-5-12(7-8-17)11(2)3/h10-12H,4-9,17H2,1-3H3. The summed E-state index contributed by atoms with van der Waals surface area (Å²) in [6.45, 7) is 7.81. The molecule has 0 aliphatic carbocycles. The van der Waals surface area contributed by atoms with E-state index < -0.39 is 0 Å². The number of rotatable bonds is 9. The second-order valence-electron chi connectivity index (χ2n) is 5.61. The number of carbonyl (C=O) groups excluding carboxylic acids is 1. The van der Waals surface area contributed by atoms with E-state index in [1.54, 1.807) is 10.9 Å². The molecule has 20 heavy (non-hydrogen) atoms. The molecule has 0 aromatic carbocycles. The number of aryl methyl sites for hydroxylation is 1. The van der Waals surface area contributed by atoms with Gasteiger partial charge in [0.1, 0.15) is 5.69 Å². The van der Waals surface area contributed by atoms with Crippen molar-refractivity contribution in [3.8, 4) is 0 Å². The third kappa shape index (κ3) is 4.60. The van der Waals surface area contributed by atoms with Gasteiger partial charge in [-0.3, -0.25) is 9.48 Å². The lowest BCUT2D eigenvalue weighted by molar-refractivity contribution is 0.0958. The van der Waals surface area contributed by atoms with E-state index in [1.807, 2.05) is 0 Å². The maximum Gasteiger partial charge on any atom is 0.182 e. The van der Waals surface area contributed by atoms with Crippen molar-refractivity contribution < 1.29 is 4.79 Å². The van der Waals surface area contributed by atoms with E-state index in [2.05, 4.69) is 25.9 Å². The van der Waals surface area contributed by atoms with E-state index in [-0.39, 0.29) is 5.78 Å². The van der Waals surface area contributed by atoms with Crippen LogP contribution in [0, 0.1) is 11.8 Å². The fourth-order valence-corrected chi connectivity index (χ4v) is 2.73. The smallest absolute Gasteiger partial charge is 0.182 e. The van der Waals surface area contributed by atoms with Gasteiger partial charge in [0.2, 0.25) is 0 Å². The first-order valence-corrected chi connectivity index (χ1v) is 7.83. The molecule has 5 heteroatoms. The van der Waals surface area contributed by atoms with E-state index in [0.29, 0.717) is 35.5 Å². The van der Waals surface area contributed by atoms with Crippen molar-refractivity contribution >= 4 is 17.4 Å². The molecule has 0 saturated heterocycles. The first kappa shape index (κ1) is 17.2. The SMILES string of the molecule is CCCn1ncc(Cl)c1C(=O)CCC(CCN)C(C)C. The van der Waals surface area contributed by atoms with E-state index in [4.69, 9.17) is 17.3 Å². The molecule has 0 amide bonds. The molecule has 0 spiro atoms. The van der Waals surface area contributed by atoms with Crippen LogP contribution in [0.4, 0.5) is 0 Å². The third-order valence-electron chi connectivity index (χ3n) is 3.72. The van der Waals surface area contributed by atoms with Gasteiger partial charge in [0.05, 0.1) is 11.2 Å². The Bertz CT molecular complexity index is 429. The molecule has 1 aromatic rings. The van der Waals surface area contributed by atoms with Crippen LogP contribution in [0.15, 0.2) is 6.20 Å². The zero-order chi connectivity index (χ0) is 15.1. The van der Waals surface area contributed by atoms with Crippen LogP contribution < -0.4 is 5.73 Å². The molecule has 0 aliphatic heterocycles. The van der Waals surface area contributed by atoms with Crippen molar-refractivity contribution in [2.75, 3.05) is 6.54 Å². The molecule has 4 nitrogen and oxygen atoms in total. The fraction of sp³-hybridized carbons (Fsp3) is 0.733. The van der Waals surface area contributed by atoms with Crippen LogP contribution in [0.1, 0.15) is 56.9 Å². The van der Waals surface area contributed by atoms with Crippen LogP contribution in [0.25, 0.3) is 0 Å². The van der Waals surface area contributed by atoms with Gasteiger partial charge in [-0.25, -0.2) is 0 Å². The number of hydrogen-bond acceptors (Lipinski definition) is 3. The maximum atomic E-state index is 12.4. The first-order valence-electron chi connectivity index (χ1n) is 7.45. The summed E-state index contributed by atoms with van der Waals surface area (Å²) in [7, 11) is 0. The Morgan fingerprint density at radius 1 is 1.45 bits per heavy atom. The number of aromatic nitrogens is 2. The van der Waals surface area contributed by atoms with Gasteiger partial charge in [-0.15, -0.1) is 0 Å². The fourth-order valence-electron chi connectivity index (χ4n) is 2.48. The largest absolute Gasteiger partial charge is 0.330 e. The van der Waals surface area contributed by atoms with Crippen LogP contribution in [0.3, 0.4) is 0 Å². The van der Waals surface area contributed by atoms with Gasteiger partial charge in [0, 0.05) is 13.0 Å². The van der Waals surface area contributed by atoms with E-state index in [1.165, 1.54) is 0 Å². The summed E-state index contributed by atoms with van der Waals surface area (Å²) in [4.78, 5) is 12.4. The van der Waals surface area contributed by atoms with E-state index >= 15 is 0 Å². The lowest BCUT2D eigenvalue weighted by Gasteiger charge is -2.19. The predicted octanol–water partition coefficient (Wildman–Crippen LogP) is 3.53. The Morgan fingerprint density at radius 2 is 2.15 bits per heavy atom. The zero-order valence-electron chi connectivity index (χ0n) is 12.7. The monoisotopic (exact) mass is 299 g/mol. The van der Waals surface area contributed by atoms with Crippen LogP contribution in [-0.2, 0) is 6.54 Å². The van der Waals surface area contributed by atoms with Crippen molar-refractivity contribution in [1.29, 1.82) is 0 Å². The molecule has 1 atom stereocenters. The van der Waals surface area contributed by atoms with Crippen molar-refractivity contribution in [3.63, 3.8) is 0 Å². The molecule has 0 bridgehead atoms. The highest BCUT2D eigenvalue weighted by molar-refractivity contribution is 6.33. The number of nitrogens with two attached hydrogens (primary N) is 1. The molecule has 1 unspecified atom stereocenters. The van der Waals surface area contributed by atoms with Gasteiger partial charge in [-0.1, -0.05) is 32.4 Å². The normalized spacial score (nSPS) is 12.9. The van der Waals surface area contributed by atoms with Crippen molar-refractivity contribution in [2.45, 2.75) is 53.0 Å². The molecular formula is C15H26ClN3O. The highest BCUT2D eigenvalue weighted by atomic mass is 35.5. The Balaban J connectivity index is 2.68. The van der Waals surface area contributed by atoms with Crippen molar-refractivity contribution in [1.82, 2.24) is 9.78 Å². The van der Waals surface area contributed by atoms with Gasteiger partial charge < -0.3 is 5.73 Å². The molecule has 114 valence electrons.